The largest absolute Gasteiger partial charge is 0.370 e. The lowest BCUT2D eigenvalue weighted by Gasteiger charge is -2.23. The first-order valence-electron chi connectivity index (χ1n) is 8.65. The molecule has 0 bridgehead atoms. The minimum absolute atomic E-state index is 0.0170. The van der Waals surface area contributed by atoms with Crippen LogP contribution in [-0.2, 0) is 15.6 Å². The van der Waals surface area contributed by atoms with Crippen LogP contribution >= 0.6 is 0 Å². The SMILES string of the molecule is CCN(CCNC(=O)c1ccc(CS(C)(=O)=O)cc1)c1cccc(C)c1. The molecule has 2 aromatic rings. The van der Waals surface area contributed by atoms with Crippen LogP contribution in [0.4, 0.5) is 5.69 Å². The van der Waals surface area contributed by atoms with E-state index in [-0.39, 0.29) is 11.7 Å². The maximum atomic E-state index is 12.3. The molecule has 0 spiro atoms. The second-order valence-electron chi connectivity index (χ2n) is 6.44. The van der Waals surface area contributed by atoms with Crippen molar-refractivity contribution in [3.63, 3.8) is 0 Å². The first-order valence-corrected chi connectivity index (χ1v) is 10.7. The molecule has 0 atom stereocenters. The lowest BCUT2D eigenvalue weighted by atomic mass is 10.1. The monoisotopic (exact) mass is 374 g/mol. The Labute approximate surface area is 156 Å². The zero-order chi connectivity index (χ0) is 19.2. The highest BCUT2D eigenvalue weighted by Crippen LogP contribution is 2.15. The summed E-state index contributed by atoms with van der Waals surface area (Å²) >= 11 is 0. The predicted molar refractivity (Wildman–Crippen MR) is 106 cm³/mol. The van der Waals surface area contributed by atoms with Crippen molar-refractivity contribution in [2.24, 2.45) is 0 Å². The standard InChI is InChI=1S/C20H26N2O3S/c1-4-22(19-7-5-6-16(2)14-19)13-12-21-20(23)18-10-8-17(9-11-18)15-26(3,24)25/h5-11,14H,4,12-13,15H2,1-3H3,(H,21,23). The molecule has 5 nitrogen and oxygen atoms in total. The molecule has 0 fully saturated rings. The fourth-order valence-corrected chi connectivity index (χ4v) is 3.55. The van der Waals surface area contributed by atoms with Gasteiger partial charge in [-0.25, -0.2) is 8.42 Å². The van der Waals surface area contributed by atoms with Crippen molar-refractivity contribution < 1.29 is 13.2 Å². The van der Waals surface area contributed by atoms with Crippen molar-refractivity contribution in [1.82, 2.24) is 5.32 Å². The molecule has 0 heterocycles. The summed E-state index contributed by atoms with van der Waals surface area (Å²) in [4.78, 5) is 14.5. The summed E-state index contributed by atoms with van der Waals surface area (Å²) in [6, 6.07) is 15.0. The molecule has 0 aliphatic carbocycles. The third-order valence-electron chi connectivity index (χ3n) is 4.06. The Morgan fingerprint density at radius 1 is 1.12 bits per heavy atom. The van der Waals surface area contributed by atoms with Gasteiger partial charge in [-0.1, -0.05) is 24.3 Å². The Kier molecular flexibility index (Phi) is 6.80. The molecular weight excluding hydrogens is 348 g/mol. The van der Waals surface area contributed by atoms with Crippen LogP contribution in [0.15, 0.2) is 48.5 Å². The maximum absolute atomic E-state index is 12.3. The van der Waals surface area contributed by atoms with Gasteiger partial charge in [0, 0.05) is 37.1 Å². The number of carbonyl (C=O) groups is 1. The van der Waals surface area contributed by atoms with Gasteiger partial charge in [0.1, 0.15) is 0 Å². The second-order valence-corrected chi connectivity index (χ2v) is 8.58. The molecule has 0 saturated heterocycles. The number of nitrogens with one attached hydrogen (secondary N) is 1. The molecule has 0 aliphatic heterocycles. The smallest absolute Gasteiger partial charge is 0.251 e. The zero-order valence-electron chi connectivity index (χ0n) is 15.5. The number of sulfone groups is 1. The van der Waals surface area contributed by atoms with Crippen molar-refractivity contribution in [2.75, 3.05) is 30.8 Å². The van der Waals surface area contributed by atoms with Gasteiger partial charge in [0.05, 0.1) is 5.75 Å². The fourth-order valence-electron chi connectivity index (χ4n) is 2.76. The average molecular weight is 375 g/mol. The minimum atomic E-state index is -3.07. The number of rotatable bonds is 8. The van der Waals surface area contributed by atoms with Gasteiger partial charge in [-0.05, 0) is 49.2 Å². The van der Waals surface area contributed by atoms with Crippen molar-refractivity contribution in [3.8, 4) is 0 Å². The molecule has 6 heteroatoms. The number of carbonyl (C=O) groups excluding carboxylic acids is 1. The summed E-state index contributed by atoms with van der Waals surface area (Å²) in [5, 5.41) is 2.92. The summed E-state index contributed by atoms with van der Waals surface area (Å²) in [6.45, 7) is 6.26. The summed E-state index contributed by atoms with van der Waals surface area (Å²) in [7, 11) is -3.07. The van der Waals surface area contributed by atoms with Crippen LogP contribution in [0.3, 0.4) is 0 Å². The van der Waals surface area contributed by atoms with Crippen LogP contribution in [0, 0.1) is 6.92 Å². The lowest BCUT2D eigenvalue weighted by molar-refractivity contribution is 0.0954. The van der Waals surface area contributed by atoms with Crippen LogP contribution in [0.25, 0.3) is 0 Å². The first-order chi connectivity index (χ1) is 12.3. The zero-order valence-corrected chi connectivity index (χ0v) is 16.3. The highest BCUT2D eigenvalue weighted by Gasteiger charge is 2.09. The van der Waals surface area contributed by atoms with Crippen molar-refractivity contribution in [2.45, 2.75) is 19.6 Å². The van der Waals surface area contributed by atoms with Crippen LogP contribution in [-0.4, -0.2) is 40.2 Å². The van der Waals surface area contributed by atoms with E-state index in [0.29, 0.717) is 17.7 Å². The number of hydrogen-bond acceptors (Lipinski definition) is 4. The van der Waals surface area contributed by atoms with Crippen molar-refractivity contribution >= 4 is 21.4 Å². The normalized spacial score (nSPS) is 11.2. The van der Waals surface area contributed by atoms with Crippen LogP contribution < -0.4 is 10.2 Å². The number of hydrogen-bond donors (Lipinski definition) is 1. The van der Waals surface area contributed by atoms with E-state index in [4.69, 9.17) is 0 Å². The van der Waals surface area contributed by atoms with Gasteiger partial charge in [-0.3, -0.25) is 4.79 Å². The Morgan fingerprint density at radius 3 is 2.38 bits per heavy atom. The van der Waals surface area contributed by atoms with E-state index >= 15 is 0 Å². The Morgan fingerprint density at radius 2 is 1.81 bits per heavy atom. The quantitative estimate of drug-likeness (QED) is 0.772. The number of benzene rings is 2. The molecule has 0 aromatic heterocycles. The van der Waals surface area contributed by atoms with Gasteiger partial charge < -0.3 is 10.2 Å². The van der Waals surface area contributed by atoms with E-state index in [9.17, 15) is 13.2 Å². The number of aryl methyl sites for hydroxylation is 1. The summed E-state index contributed by atoms with van der Waals surface area (Å²) in [5.41, 5.74) is 3.56. The fraction of sp³-hybridized carbons (Fsp3) is 0.350. The van der Waals surface area contributed by atoms with Gasteiger partial charge in [0.25, 0.3) is 5.91 Å². The molecule has 0 radical (unpaired) electrons. The summed E-state index contributed by atoms with van der Waals surface area (Å²) < 4.78 is 22.6. The van der Waals surface area contributed by atoms with E-state index in [0.717, 1.165) is 18.8 Å². The van der Waals surface area contributed by atoms with Gasteiger partial charge in [-0.2, -0.15) is 0 Å². The van der Waals surface area contributed by atoms with Gasteiger partial charge in [0.15, 0.2) is 9.84 Å². The Hall–Kier alpha value is -2.34. The van der Waals surface area contributed by atoms with E-state index in [1.807, 2.05) is 6.07 Å². The van der Waals surface area contributed by atoms with E-state index in [1.165, 1.54) is 11.8 Å². The minimum Gasteiger partial charge on any atom is -0.370 e. The van der Waals surface area contributed by atoms with E-state index < -0.39 is 9.84 Å². The van der Waals surface area contributed by atoms with E-state index in [2.05, 4.69) is 42.3 Å². The summed E-state index contributed by atoms with van der Waals surface area (Å²) in [5.74, 6) is -0.173. The number of likely N-dealkylation sites (N-methyl/N-ethyl adjacent to an activating group) is 1. The Balaban J connectivity index is 1.89. The van der Waals surface area contributed by atoms with Crippen molar-refractivity contribution in [1.29, 1.82) is 0 Å². The van der Waals surface area contributed by atoms with Gasteiger partial charge in [-0.15, -0.1) is 0 Å². The van der Waals surface area contributed by atoms with Crippen LogP contribution in [0.2, 0.25) is 0 Å². The molecule has 140 valence electrons. The van der Waals surface area contributed by atoms with Gasteiger partial charge >= 0.3 is 0 Å². The second kappa shape index (κ2) is 8.85. The molecular formula is C20H26N2O3S. The number of nitrogens with zero attached hydrogens (tertiary/aromatic N) is 1. The number of amides is 1. The molecule has 2 rings (SSSR count). The molecule has 1 N–H and O–H groups in total. The van der Waals surface area contributed by atoms with Crippen molar-refractivity contribution in [3.05, 3.63) is 65.2 Å². The summed E-state index contributed by atoms with van der Waals surface area (Å²) in [6.07, 6.45) is 1.20. The highest BCUT2D eigenvalue weighted by atomic mass is 32.2. The van der Waals surface area contributed by atoms with E-state index in [1.54, 1.807) is 24.3 Å². The highest BCUT2D eigenvalue weighted by molar-refractivity contribution is 7.89. The maximum Gasteiger partial charge on any atom is 0.251 e. The topological polar surface area (TPSA) is 66.5 Å². The average Bonchev–Trinajstić information content (AvgIpc) is 2.58. The predicted octanol–water partition coefficient (Wildman–Crippen LogP) is 2.80. The Bertz CT molecular complexity index is 846. The molecule has 1 amide bonds. The van der Waals surface area contributed by atoms with Gasteiger partial charge in [0.2, 0.25) is 0 Å². The molecule has 0 unspecified atom stereocenters. The lowest BCUT2D eigenvalue weighted by Crippen LogP contribution is -2.35. The third-order valence-corrected chi connectivity index (χ3v) is 4.92. The van der Waals surface area contributed by atoms with Crippen LogP contribution in [0.5, 0.6) is 0 Å². The molecule has 0 saturated carbocycles. The molecule has 0 aliphatic rings. The number of anilines is 1. The van der Waals surface area contributed by atoms with Crippen LogP contribution in [0.1, 0.15) is 28.4 Å². The first kappa shape index (κ1) is 20.0. The molecule has 2 aromatic carbocycles. The third kappa shape index (κ3) is 6.19. The molecule has 26 heavy (non-hydrogen) atoms.